The summed E-state index contributed by atoms with van der Waals surface area (Å²) in [7, 11) is 0. The second-order valence-electron chi connectivity index (χ2n) is 6.44. The first kappa shape index (κ1) is 20.3. The average Bonchev–Trinajstić information content (AvgIpc) is 2.61. The highest BCUT2D eigenvalue weighted by Gasteiger charge is 2.05. The summed E-state index contributed by atoms with van der Waals surface area (Å²) in [5.74, 6) is 0.678. The van der Waals surface area contributed by atoms with Gasteiger partial charge in [0.05, 0.1) is 5.75 Å². The lowest BCUT2D eigenvalue weighted by Crippen LogP contribution is -2.44. The molecule has 0 aliphatic heterocycles. The number of rotatable bonds is 5. The summed E-state index contributed by atoms with van der Waals surface area (Å²) in [5, 5.41) is 3.40. The van der Waals surface area contributed by atoms with Crippen molar-refractivity contribution < 1.29 is 4.79 Å². The van der Waals surface area contributed by atoms with E-state index in [0.29, 0.717) is 16.8 Å². The summed E-state index contributed by atoms with van der Waals surface area (Å²) in [6, 6.07) is 14.3. The van der Waals surface area contributed by atoms with Gasteiger partial charge in [0.2, 0.25) is 5.91 Å². The van der Waals surface area contributed by atoms with E-state index in [2.05, 4.69) is 68.1 Å². The van der Waals surface area contributed by atoms with Crippen molar-refractivity contribution in [1.82, 2.24) is 10.9 Å². The van der Waals surface area contributed by atoms with Gasteiger partial charge < -0.3 is 5.32 Å². The molecule has 0 heterocycles. The van der Waals surface area contributed by atoms with Gasteiger partial charge in [0.15, 0.2) is 5.11 Å². The van der Waals surface area contributed by atoms with Crippen LogP contribution in [0.2, 0.25) is 0 Å². The van der Waals surface area contributed by atoms with Crippen LogP contribution in [0.5, 0.6) is 0 Å². The maximum atomic E-state index is 12.0. The van der Waals surface area contributed by atoms with Crippen molar-refractivity contribution in [2.24, 2.45) is 0 Å². The van der Waals surface area contributed by atoms with Crippen LogP contribution in [0.25, 0.3) is 0 Å². The number of hydrogen-bond donors (Lipinski definition) is 3. The number of amides is 1. The molecule has 2 aromatic rings. The predicted molar refractivity (Wildman–Crippen MR) is 115 cm³/mol. The van der Waals surface area contributed by atoms with Crippen molar-refractivity contribution in [3.05, 3.63) is 59.2 Å². The highest BCUT2D eigenvalue weighted by atomic mass is 32.2. The molecule has 0 saturated heterocycles. The third-order valence-corrected chi connectivity index (χ3v) is 5.20. The average molecular weight is 388 g/mol. The minimum Gasteiger partial charge on any atom is -0.331 e. The van der Waals surface area contributed by atoms with Crippen LogP contribution in [-0.2, 0) is 4.79 Å². The Morgan fingerprint density at radius 1 is 1.04 bits per heavy atom. The molecular formula is C20H25N3OS2. The Morgan fingerprint density at radius 3 is 2.35 bits per heavy atom. The Labute approximate surface area is 165 Å². The van der Waals surface area contributed by atoms with Gasteiger partial charge in [0.1, 0.15) is 0 Å². The van der Waals surface area contributed by atoms with Crippen molar-refractivity contribution in [3.63, 3.8) is 0 Å². The molecule has 0 aliphatic rings. The number of thioether (sulfide) groups is 1. The molecule has 2 rings (SSSR count). The smallest absolute Gasteiger partial charge is 0.248 e. The minimum absolute atomic E-state index is 0.132. The van der Waals surface area contributed by atoms with Crippen LogP contribution in [-0.4, -0.2) is 16.8 Å². The zero-order chi connectivity index (χ0) is 19.1. The van der Waals surface area contributed by atoms with Gasteiger partial charge in [-0.3, -0.25) is 15.6 Å². The molecule has 0 atom stereocenters. The number of carbonyl (C=O) groups excluding carboxylic acids is 1. The van der Waals surface area contributed by atoms with E-state index in [4.69, 9.17) is 12.2 Å². The Morgan fingerprint density at radius 2 is 1.73 bits per heavy atom. The topological polar surface area (TPSA) is 53.2 Å². The van der Waals surface area contributed by atoms with Crippen molar-refractivity contribution in [1.29, 1.82) is 0 Å². The van der Waals surface area contributed by atoms with Crippen LogP contribution in [0.3, 0.4) is 0 Å². The van der Waals surface area contributed by atoms with Crippen molar-refractivity contribution in [2.45, 2.75) is 38.5 Å². The van der Waals surface area contributed by atoms with Gasteiger partial charge in [-0.1, -0.05) is 32.0 Å². The molecular weight excluding hydrogens is 362 g/mol. The number of hydrazine groups is 1. The number of aryl methyl sites for hydroxylation is 2. The van der Waals surface area contributed by atoms with Gasteiger partial charge in [0, 0.05) is 10.6 Å². The largest absolute Gasteiger partial charge is 0.331 e. The molecule has 138 valence electrons. The highest BCUT2D eigenvalue weighted by molar-refractivity contribution is 8.00. The normalized spacial score (nSPS) is 10.5. The quantitative estimate of drug-likeness (QED) is 0.400. The zero-order valence-corrected chi connectivity index (χ0v) is 17.2. The molecule has 2 aromatic carbocycles. The fourth-order valence-electron chi connectivity index (χ4n) is 2.23. The molecule has 1 amide bonds. The van der Waals surface area contributed by atoms with Crippen LogP contribution in [0.4, 0.5) is 5.69 Å². The number of anilines is 1. The molecule has 0 bridgehead atoms. The molecule has 0 radical (unpaired) electrons. The van der Waals surface area contributed by atoms with E-state index in [9.17, 15) is 4.79 Å². The van der Waals surface area contributed by atoms with Crippen LogP contribution in [0, 0.1) is 13.8 Å². The van der Waals surface area contributed by atoms with Crippen LogP contribution in [0.15, 0.2) is 47.4 Å². The number of nitrogens with one attached hydrogen (secondary N) is 3. The van der Waals surface area contributed by atoms with E-state index in [1.165, 1.54) is 28.5 Å². The molecule has 0 saturated carbocycles. The Balaban J connectivity index is 1.74. The monoisotopic (exact) mass is 387 g/mol. The standard InChI is InChI=1S/C20H25N3OS2/c1-13(2)16-6-8-17(9-7-16)21-20(25)23-22-19(24)12-26-18-10-5-14(3)15(4)11-18/h5-11,13H,12H2,1-4H3,(H,22,24)(H2,21,23,25). The maximum Gasteiger partial charge on any atom is 0.248 e. The summed E-state index contributed by atoms with van der Waals surface area (Å²) >= 11 is 6.70. The van der Waals surface area contributed by atoms with Crippen molar-refractivity contribution >= 4 is 40.7 Å². The summed E-state index contributed by atoms with van der Waals surface area (Å²) in [6.07, 6.45) is 0. The van der Waals surface area contributed by atoms with E-state index in [0.717, 1.165) is 10.6 Å². The number of benzene rings is 2. The number of carbonyl (C=O) groups is 1. The summed E-state index contributed by atoms with van der Waals surface area (Å²) < 4.78 is 0. The van der Waals surface area contributed by atoms with Crippen LogP contribution >= 0.6 is 24.0 Å². The molecule has 0 aromatic heterocycles. The molecule has 6 heteroatoms. The molecule has 0 spiro atoms. The number of hydrogen-bond acceptors (Lipinski definition) is 3. The van der Waals surface area contributed by atoms with Crippen LogP contribution < -0.4 is 16.2 Å². The lowest BCUT2D eigenvalue weighted by Gasteiger charge is -2.12. The van der Waals surface area contributed by atoms with Crippen molar-refractivity contribution in [3.8, 4) is 0 Å². The van der Waals surface area contributed by atoms with Gasteiger partial charge in [0.25, 0.3) is 0 Å². The van der Waals surface area contributed by atoms with Gasteiger partial charge in [-0.25, -0.2) is 0 Å². The third kappa shape index (κ3) is 6.35. The lowest BCUT2D eigenvalue weighted by molar-refractivity contribution is -0.119. The first-order valence-electron chi connectivity index (χ1n) is 8.51. The third-order valence-electron chi connectivity index (χ3n) is 4.00. The van der Waals surface area contributed by atoms with Gasteiger partial charge in [-0.05, 0) is 72.9 Å². The fraction of sp³-hybridized carbons (Fsp3) is 0.300. The first-order chi connectivity index (χ1) is 12.3. The van der Waals surface area contributed by atoms with E-state index in [1.807, 2.05) is 18.2 Å². The van der Waals surface area contributed by atoms with Gasteiger partial charge >= 0.3 is 0 Å². The molecule has 0 unspecified atom stereocenters. The van der Waals surface area contributed by atoms with Crippen molar-refractivity contribution in [2.75, 3.05) is 11.1 Å². The minimum atomic E-state index is -0.132. The Kier molecular flexibility index (Phi) is 7.48. The first-order valence-corrected chi connectivity index (χ1v) is 9.90. The van der Waals surface area contributed by atoms with E-state index in [1.54, 1.807) is 0 Å². The maximum absolute atomic E-state index is 12.0. The van der Waals surface area contributed by atoms with Crippen LogP contribution in [0.1, 0.15) is 36.5 Å². The molecule has 0 fully saturated rings. The van der Waals surface area contributed by atoms with Gasteiger partial charge in [-0.15, -0.1) is 11.8 Å². The fourth-order valence-corrected chi connectivity index (χ4v) is 3.19. The molecule has 0 aliphatic carbocycles. The van der Waals surface area contributed by atoms with E-state index < -0.39 is 0 Å². The predicted octanol–water partition coefficient (Wildman–Crippen LogP) is 4.54. The second-order valence-corrected chi connectivity index (χ2v) is 7.90. The highest BCUT2D eigenvalue weighted by Crippen LogP contribution is 2.20. The van der Waals surface area contributed by atoms with E-state index in [-0.39, 0.29) is 5.91 Å². The number of thiocarbonyl (C=S) groups is 1. The molecule has 3 N–H and O–H groups in total. The second kappa shape index (κ2) is 9.59. The summed E-state index contributed by atoms with van der Waals surface area (Å²) in [5.41, 5.74) is 9.97. The Bertz CT molecular complexity index is 773. The molecule has 4 nitrogen and oxygen atoms in total. The zero-order valence-electron chi connectivity index (χ0n) is 15.6. The summed E-state index contributed by atoms with van der Waals surface area (Å²) in [6.45, 7) is 8.45. The lowest BCUT2D eigenvalue weighted by atomic mass is 10.0. The summed E-state index contributed by atoms with van der Waals surface area (Å²) in [4.78, 5) is 13.0. The molecule has 26 heavy (non-hydrogen) atoms. The SMILES string of the molecule is Cc1ccc(SCC(=O)NNC(=S)Nc2ccc(C(C)C)cc2)cc1C. The Hall–Kier alpha value is -2.05. The van der Waals surface area contributed by atoms with Gasteiger partial charge in [-0.2, -0.15) is 0 Å². The van der Waals surface area contributed by atoms with E-state index >= 15 is 0 Å².